The van der Waals surface area contributed by atoms with Crippen LogP contribution in [0, 0.1) is 0 Å². The van der Waals surface area contributed by atoms with E-state index in [0.717, 1.165) is 36.3 Å². The molecule has 0 bridgehead atoms. The number of nitrogens with zero attached hydrogens (tertiary/aromatic N) is 3. The van der Waals surface area contributed by atoms with E-state index in [2.05, 4.69) is 29.2 Å². The summed E-state index contributed by atoms with van der Waals surface area (Å²) in [7, 11) is 0. The van der Waals surface area contributed by atoms with Gasteiger partial charge in [-0.15, -0.1) is 0 Å². The Morgan fingerprint density at radius 2 is 1.73 bits per heavy atom. The molecule has 5 nitrogen and oxygen atoms in total. The van der Waals surface area contributed by atoms with E-state index in [9.17, 15) is 4.79 Å². The van der Waals surface area contributed by atoms with Crippen molar-refractivity contribution in [3.05, 3.63) is 101 Å². The fraction of sp³-hybridized carbons (Fsp3) is 0.222. The molecular formula is C27H26ClN3O2. The van der Waals surface area contributed by atoms with Crippen LogP contribution in [0.2, 0.25) is 5.02 Å². The van der Waals surface area contributed by atoms with Crippen molar-refractivity contribution in [2.45, 2.75) is 6.54 Å². The molecule has 0 atom stereocenters. The second-order valence-electron chi connectivity index (χ2n) is 8.28. The molecule has 2 aromatic carbocycles. The van der Waals surface area contributed by atoms with Crippen molar-refractivity contribution in [1.29, 1.82) is 0 Å². The summed E-state index contributed by atoms with van der Waals surface area (Å²) in [5.74, 6) is 0.0351. The van der Waals surface area contributed by atoms with E-state index >= 15 is 0 Å². The largest absolute Gasteiger partial charge is 0.463 e. The molecule has 1 aliphatic rings. The average Bonchev–Trinajstić information content (AvgIpc) is 3.44. The van der Waals surface area contributed by atoms with Crippen LogP contribution in [-0.4, -0.2) is 53.0 Å². The first-order valence-corrected chi connectivity index (χ1v) is 11.6. The third kappa shape index (κ3) is 4.75. The highest BCUT2D eigenvalue weighted by Crippen LogP contribution is 2.26. The van der Waals surface area contributed by atoms with E-state index in [1.165, 1.54) is 5.56 Å². The van der Waals surface area contributed by atoms with Gasteiger partial charge >= 0.3 is 0 Å². The van der Waals surface area contributed by atoms with Crippen LogP contribution in [0.5, 0.6) is 0 Å². The molecule has 33 heavy (non-hydrogen) atoms. The Kier molecular flexibility index (Phi) is 6.33. The lowest BCUT2D eigenvalue weighted by atomic mass is 10.2. The van der Waals surface area contributed by atoms with Gasteiger partial charge < -0.3 is 13.9 Å². The zero-order valence-corrected chi connectivity index (χ0v) is 19.1. The first-order valence-electron chi connectivity index (χ1n) is 11.2. The minimum absolute atomic E-state index is 0.0351. The van der Waals surface area contributed by atoms with Gasteiger partial charge in [0.25, 0.3) is 5.91 Å². The third-order valence-electron chi connectivity index (χ3n) is 6.16. The van der Waals surface area contributed by atoms with Crippen LogP contribution in [0.1, 0.15) is 21.6 Å². The average molecular weight is 460 g/mol. The van der Waals surface area contributed by atoms with Crippen molar-refractivity contribution in [3.63, 3.8) is 0 Å². The number of hydrogen-bond acceptors (Lipinski definition) is 3. The lowest BCUT2D eigenvalue weighted by molar-refractivity contribution is 0.0640. The van der Waals surface area contributed by atoms with E-state index in [4.69, 9.17) is 16.0 Å². The van der Waals surface area contributed by atoms with Crippen LogP contribution in [0.25, 0.3) is 17.2 Å². The molecule has 4 aromatic rings. The van der Waals surface area contributed by atoms with Crippen LogP contribution in [0.4, 0.5) is 0 Å². The SMILES string of the molecule is O=C(c1cc2occc2n1Cc1ccccc1Cl)N1CCN(C/C=C/c2ccccc2)CC1. The number of fused-ring (bicyclic) bond motifs is 1. The number of hydrogen-bond donors (Lipinski definition) is 0. The lowest BCUT2D eigenvalue weighted by Gasteiger charge is -2.34. The number of furan rings is 1. The van der Waals surface area contributed by atoms with Crippen LogP contribution in [-0.2, 0) is 6.54 Å². The van der Waals surface area contributed by atoms with Crippen molar-refractivity contribution < 1.29 is 9.21 Å². The second-order valence-corrected chi connectivity index (χ2v) is 8.69. The Labute approximate surface area is 198 Å². The van der Waals surface area contributed by atoms with Crippen LogP contribution < -0.4 is 0 Å². The summed E-state index contributed by atoms with van der Waals surface area (Å²) in [4.78, 5) is 17.8. The molecule has 1 amide bonds. The minimum atomic E-state index is 0.0351. The number of piperazine rings is 1. The van der Waals surface area contributed by atoms with E-state index in [0.29, 0.717) is 30.4 Å². The lowest BCUT2D eigenvalue weighted by Crippen LogP contribution is -2.49. The van der Waals surface area contributed by atoms with Crippen LogP contribution in [0.15, 0.2) is 83.5 Å². The Hall–Kier alpha value is -3.28. The first kappa shape index (κ1) is 21.6. The molecule has 0 unspecified atom stereocenters. The number of benzene rings is 2. The fourth-order valence-corrected chi connectivity index (χ4v) is 4.51. The highest BCUT2D eigenvalue weighted by Gasteiger charge is 2.26. The van der Waals surface area contributed by atoms with Crippen LogP contribution >= 0.6 is 11.6 Å². The monoisotopic (exact) mass is 459 g/mol. The zero-order valence-electron chi connectivity index (χ0n) is 18.4. The minimum Gasteiger partial charge on any atom is -0.463 e. The normalized spacial score (nSPS) is 15.0. The number of rotatable bonds is 6. The summed E-state index contributed by atoms with van der Waals surface area (Å²) in [5.41, 5.74) is 4.44. The van der Waals surface area contributed by atoms with Gasteiger partial charge in [0.2, 0.25) is 0 Å². The molecule has 0 radical (unpaired) electrons. The van der Waals surface area contributed by atoms with E-state index in [1.807, 2.05) is 64.1 Å². The molecule has 1 fully saturated rings. The maximum atomic E-state index is 13.5. The van der Waals surface area contributed by atoms with Crippen molar-refractivity contribution >= 4 is 34.7 Å². The molecule has 168 valence electrons. The Morgan fingerprint density at radius 1 is 0.970 bits per heavy atom. The number of aromatic nitrogens is 1. The molecule has 0 N–H and O–H groups in total. The summed E-state index contributed by atoms with van der Waals surface area (Å²) < 4.78 is 7.61. The standard InChI is InChI=1S/C27H26ClN3O2/c28-23-11-5-4-10-22(23)20-31-24-12-18-33-26(24)19-25(31)27(32)30-16-14-29(15-17-30)13-6-9-21-7-2-1-3-8-21/h1-12,18-19H,13-17,20H2/b9-6+. The fourth-order valence-electron chi connectivity index (χ4n) is 4.32. The molecule has 1 aliphatic heterocycles. The maximum absolute atomic E-state index is 13.5. The summed E-state index contributed by atoms with van der Waals surface area (Å²) in [6.45, 7) is 4.52. The molecule has 0 saturated carbocycles. The van der Waals surface area contributed by atoms with Gasteiger partial charge in [-0.25, -0.2) is 0 Å². The highest BCUT2D eigenvalue weighted by molar-refractivity contribution is 6.31. The summed E-state index contributed by atoms with van der Waals surface area (Å²) in [5, 5.41) is 0.693. The maximum Gasteiger partial charge on any atom is 0.270 e. The molecule has 1 saturated heterocycles. The van der Waals surface area contributed by atoms with E-state index in [1.54, 1.807) is 6.26 Å². The quantitative estimate of drug-likeness (QED) is 0.387. The van der Waals surface area contributed by atoms with Crippen molar-refractivity contribution in [2.24, 2.45) is 0 Å². The Morgan fingerprint density at radius 3 is 2.52 bits per heavy atom. The van der Waals surface area contributed by atoms with Crippen LogP contribution in [0.3, 0.4) is 0 Å². The molecule has 6 heteroatoms. The van der Waals surface area contributed by atoms with Crippen molar-refractivity contribution in [1.82, 2.24) is 14.4 Å². The Balaban J connectivity index is 1.27. The van der Waals surface area contributed by atoms with E-state index in [-0.39, 0.29) is 5.91 Å². The Bertz CT molecular complexity index is 1270. The molecule has 2 aromatic heterocycles. The van der Waals surface area contributed by atoms with Gasteiger partial charge in [0.15, 0.2) is 5.58 Å². The van der Waals surface area contributed by atoms with Gasteiger partial charge in [-0.05, 0) is 17.2 Å². The number of carbonyl (C=O) groups is 1. The summed E-state index contributed by atoms with van der Waals surface area (Å²) in [6.07, 6.45) is 5.99. The van der Waals surface area contributed by atoms with Gasteiger partial charge in [-0.3, -0.25) is 9.69 Å². The van der Waals surface area contributed by atoms with Crippen molar-refractivity contribution in [3.8, 4) is 0 Å². The topological polar surface area (TPSA) is 41.6 Å². The molecule has 0 aliphatic carbocycles. The predicted octanol–water partition coefficient (Wildman–Crippen LogP) is 5.41. The third-order valence-corrected chi connectivity index (χ3v) is 6.53. The molecule has 0 spiro atoms. The summed E-state index contributed by atoms with van der Waals surface area (Å²) in [6, 6.07) is 21.8. The summed E-state index contributed by atoms with van der Waals surface area (Å²) >= 11 is 6.40. The van der Waals surface area contributed by atoms with Gasteiger partial charge in [0.1, 0.15) is 5.69 Å². The van der Waals surface area contributed by atoms with Gasteiger partial charge in [-0.2, -0.15) is 0 Å². The smallest absolute Gasteiger partial charge is 0.270 e. The molecule has 5 rings (SSSR count). The van der Waals surface area contributed by atoms with Gasteiger partial charge in [0.05, 0.1) is 11.8 Å². The van der Waals surface area contributed by atoms with Gasteiger partial charge in [0, 0.05) is 56.4 Å². The van der Waals surface area contributed by atoms with E-state index < -0.39 is 0 Å². The molecule has 3 heterocycles. The first-order chi connectivity index (χ1) is 16.2. The number of carbonyl (C=O) groups excluding carboxylic acids is 1. The second kappa shape index (κ2) is 9.69. The predicted molar refractivity (Wildman–Crippen MR) is 133 cm³/mol. The van der Waals surface area contributed by atoms with Gasteiger partial charge in [-0.1, -0.05) is 72.3 Å². The van der Waals surface area contributed by atoms with Crippen molar-refractivity contribution in [2.75, 3.05) is 32.7 Å². The number of amides is 1. The highest BCUT2D eigenvalue weighted by atomic mass is 35.5. The number of halogens is 1. The molecular weight excluding hydrogens is 434 g/mol. The zero-order chi connectivity index (χ0) is 22.6.